The van der Waals surface area contributed by atoms with Crippen molar-refractivity contribution in [2.24, 2.45) is 5.41 Å². The summed E-state index contributed by atoms with van der Waals surface area (Å²) in [6, 6.07) is 7.75. The monoisotopic (exact) mass is 298 g/mol. The highest BCUT2D eigenvalue weighted by atomic mass is 79.9. The quantitative estimate of drug-likeness (QED) is 0.805. The van der Waals surface area contributed by atoms with Gasteiger partial charge in [0.1, 0.15) is 0 Å². The molecule has 3 nitrogen and oxygen atoms in total. The lowest BCUT2D eigenvalue weighted by molar-refractivity contribution is -0.162. The van der Waals surface area contributed by atoms with Crippen LogP contribution in [-0.2, 0) is 14.3 Å². The molecule has 0 amide bonds. The molecule has 2 rings (SSSR count). The number of carbonyl (C=O) groups excluding carboxylic acids is 1. The van der Waals surface area contributed by atoms with Gasteiger partial charge in [0, 0.05) is 9.89 Å². The third-order valence-electron chi connectivity index (χ3n) is 3.21. The second kappa shape index (κ2) is 4.78. The molecule has 1 atom stereocenters. The predicted octanol–water partition coefficient (Wildman–Crippen LogP) is 2.74. The summed E-state index contributed by atoms with van der Waals surface area (Å²) in [4.78, 5) is 12.0. The Morgan fingerprint density at radius 3 is 2.59 bits per heavy atom. The van der Waals surface area contributed by atoms with Gasteiger partial charge in [-0.3, -0.25) is 4.79 Å². The van der Waals surface area contributed by atoms with Crippen molar-refractivity contribution in [1.29, 1.82) is 0 Å². The lowest BCUT2D eigenvalue weighted by Crippen LogP contribution is -2.47. The van der Waals surface area contributed by atoms with Crippen molar-refractivity contribution in [2.75, 3.05) is 20.3 Å². The molecule has 0 aromatic heterocycles. The number of methoxy groups -OCH3 is 1. The highest BCUT2D eigenvalue weighted by molar-refractivity contribution is 9.10. The predicted molar refractivity (Wildman–Crippen MR) is 67.8 cm³/mol. The summed E-state index contributed by atoms with van der Waals surface area (Å²) < 4.78 is 11.1. The zero-order chi connectivity index (χ0) is 12.5. The van der Waals surface area contributed by atoms with Crippen LogP contribution in [-0.4, -0.2) is 26.3 Å². The van der Waals surface area contributed by atoms with Crippen molar-refractivity contribution >= 4 is 21.9 Å². The van der Waals surface area contributed by atoms with Crippen molar-refractivity contribution in [2.45, 2.75) is 12.8 Å². The molecule has 17 heavy (non-hydrogen) atoms. The van der Waals surface area contributed by atoms with Crippen molar-refractivity contribution in [3.05, 3.63) is 34.3 Å². The van der Waals surface area contributed by atoms with Gasteiger partial charge in [0.25, 0.3) is 0 Å². The minimum Gasteiger partial charge on any atom is -0.469 e. The minimum absolute atomic E-state index is 0.170. The van der Waals surface area contributed by atoms with Crippen LogP contribution < -0.4 is 0 Å². The molecule has 1 saturated heterocycles. The summed E-state index contributed by atoms with van der Waals surface area (Å²) in [5, 5.41) is 0. The van der Waals surface area contributed by atoms with Crippen molar-refractivity contribution < 1.29 is 14.3 Å². The van der Waals surface area contributed by atoms with E-state index in [2.05, 4.69) is 22.9 Å². The van der Waals surface area contributed by atoms with Gasteiger partial charge in [-0.05, 0) is 11.6 Å². The van der Waals surface area contributed by atoms with E-state index in [4.69, 9.17) is 9.47 Å². The minimum atomic E-state index is -0.281. The van der Waals surface area contributed by atoms with E-state index in [0.717, 1.165) is 10.0 Å². The number of esters is 1. The molecular weight excluding hydrogens is 284 g/mol. The van der Waals surface area contributed by atoms with Gasteiger partial charge in [0.15, 0.2) is 0 Å². The molecular formula is C13H15BrO3. The lowest BCUT2D eigenvalue weighted by atomic mass is 9.72. The maximum absolute atomic E-state index is 12.0. The van der Waals surface area contributed by atoms with Gasteiger partial charge in [0.2, 0.25) is 0 Å². The standard InChI is InChI=1S/C13H15BrO3/c1-13(7-17-8-13)11(12(15)16-2)9-5-3-4-6-10(9)14/h3-6,11H,7-8H2,1-2H3. The first-order valence-corrected chi connectivity index (χ1v) is 6.28. The first-order valence-electron chi connectivity index (χ1n) is 5.48. The van der Waals surface area contributed by atoms with Crippen LogP contribution in [0.3, 0.4) is 0 Å². The molecule has 0 radical (unpaired) electrons. The van der Waals surface area contributed by atoms with Crippen LogP contribution in [0, 0.1) is 5.41 Å². The molecule has 1 heterocycles. The van der Waals surface area contributed by atoms with Crippen LogP contribution in [0.5, 0.6) is 0 Å². The van der Waals surface area contributed by atoms with Crippen LogP contribution >= 0.6 is 15.9 Å². The molecule has 1 aliphatic rings. The normalized spacial score (nSPS) is 19.2. The largest absolute Gasteiger partial charge is 0.469 e. The third-order valence-corrected chi connectivity index (χ3v) is 3.94. The average molecular weight is 299 g/mol. The van der Waals surface area contributed by atoms with Gasteiger partial charge in [-0.2, -0.15) is 0 Å². The van der Waals surface area contributed by atoms with Gasteiger partial charge in [-0.1, -0.05) is 41.1 Å². The smallest absolute Gasteiger partial charge is 0.313 e. The first-order chi connectivity index (χ1) is 8.08. The van der Waals surface area contributed by atoms with Gasteiger partial charge >= 0.3 is 5.97 Å². The average Bonchev–Trinajstić information content (AvgIpc) is 2.29. The number of benzene rings is 1. The Labute approximate surface area is 109 Å². The van der Waals surface area contributed by atoms with E-state index >= 15 is 0 Å². The molecule has 0 bridgehead atoms. The third kappa shape index (κ3) is 2.24. The van der Waals surface area contributed by atoms with Gasteiger partial charge < -0.3 is 9.47 Å². The zero-order valence-electron chi connectivity index (χ0n) is 9.90. The van der Waals surface area contributed by atoms with Gasteiger partial charge in [-0.25, -0.2) is 0 Å². The summed E-state index contributed by atoms with van der Waals surface area (Å²) in [5.41, 5.74) is 0.793. The molecule has 0 aliphatic carbocycles. The maximum Gasteiger partial charge on any atom is 0.313 e. The Bertz CT molecular complexity index is 426. The summed E-state index contributed by atoms with van der Waals surface area (Å²) in [7, 11) is 1.43. The maximum atomic E-state index is 12.0. The van der Waals surface area contributed by atoms with E-state index < -0.39 is 0 Å². The van der Waals surface area contributed by atoms with Gasteiger partial charge in [0.05, 0.1) is 26.2 Å². The van der Waals surface area contributed by atoms with Crippen LogP contribution in [0.1, 0.15) is 18.4 Å². The molecule has 1 aliphatic heterocycles. The number of carbonyl (C=O) groups is 1. The Kier molecular flexibility index (Phi) is 3.54. The Hall–Kier alpha value is -0.870. The number of ether oxygens (including phenoxy) is 2. The highest BCUT2D eigenvalue weighted by Crippen LogP contribution is 2.44. The summed E-state index contributed by atoms with van der Waals surface area (Å²) in [5.74, 6) is -0.487. The summed E-state index contributed by atoms with van der Waals surface area (Å²) in [6.45, 7) is 3.24. The molecule has 1 aromatic carbocycles. The lowest BCUT2D eigenvalue weighted by Gasteiger charge is -2.43. The van der Waals surface area contributed by atoms with Crippen LogP contribution in [0.4, 0.5) is 0 Å². The van der Waals surface area contributed by atoms with Crippen molar-refractivity contribution in [1.82, 2.24) is 0 Å². The van der Waals surface area contributed by atoms with E-state index in [-0.39, 0.29) is 17.3 Å². The molecule has 92 valence electrons. The SMILES string of the molecule is COC(=O)C(c1ccccc1Br)C1(C)COC1. The van der Waals surface area contributed by atoms with Crippen LogP contribution in [0.15, 0.2) is 28.7 Å². The van der Waals surface area contributed by atoms with Crippen molar-refractivity contribution in [3.8, 4) is 0 Å². The Balaban J connectivity index is 2.40. The molecule has 0 spiro atoms. The number of hydrogen-bond donors (Lipinski definition) is 0. The summed E-state index contributed by atoms with van der Waals surface area (Å²) in [6.07, 6.45) is 0. The van der Waals surface area contributed by atoms with Crippen LogP contribution in [0.2, 0.25) is 0 Å². The molecule has 1 fully saturated rings. The van der Waals surface area contributed by atoms with E-state index in [1.165, 1.54) is 7.11 Å². The number of hydrogen-bond acceptors (Lipinski definition) is 3. The van der Waals surface area contributed by atoms with E-state index in [9.17, 15) is 4.79 Å². The van der Waals surface area contributed by atoms with Crippen LogP contribution in [0.25, 0.3) is 0 Å². The molecule has 1 unspecified atom stereocenters. The molecule has 1 aromatic rings. The number of rotatable bonds is 3. The van der Waals surface area contributed by atoms with E-state index in [0.29, 0.717) is 13.2 Å². The first kappa shape index (κ1) is 12.6. The van der Waals surface area contributed by atoms with E-state index in [1.54, 1.807) is 0 Å². The van der Waals surface area contributed by atoms with E-state index in [1.807, 2.05) is 24.3 Å². The Morgan fingerprint density at radius 1 is 1.47 bits per heavy atom. The highest BCUT2D eigenvalue weighted by Gasteiger charge is 2.47. The fraction of sp³-hybridized carbons (Fsp3) is 0.462. The van der Waals surface area contributed by atoms with Gasteiger partial charge in [-0.15, -0.1) is 0 Å². The second-order valence-electron chi connectivity index (χ2n) is 4.62. The Morgan fingerprint density at radius 2 is 2.12 bits per heavy atom. The topological polar surface area (TPSA) is 35.5 Å². The van der Waals surface area contributed by atoms with Crippen molar-refractivity contribution in [3.63, 3.8) is 0 Å². The fourth-order valence-electron chi connectivity index (χ4n) is 2.20. The molecule has 0 saturated carbocycles. The molecule has 4 heteroatoms. The zero-order valence-corrected chi connectivity index (χ0v) is 11.5. The summed E-state index contributed by atoms with van der Waals surface area (Å²) >= 11 is 3.49. The molecule has 0 N–H and O–H groups in total. The fourth-order valence-corrected chi connectivity index (χ4v) is 2.72. The number of halogens is 1. The second-order valence-corrected chi connectivity index (χ2v) is 5.48.